The summed E-state index contributed by atoms with van der Waals surface area (Å²) in [4.78, 5) is 11.9. The lowest BCUT2D eigenvalue weighted by atomic mass is 10.1. The van der Waals surface area contributed by atoms with Gasteiger partial charge in [-0.25, -0.2) is 0 Å². The van der Waals surface area contributed by atoms with Crippen LogP contribution in [0.25, 0.3) is 0 Å². The number of hydrogen-bond donors (Lipinski definition) is 2. The molecule has 0 spiro atoms. The molecule has 4 nitrogen and oxygen atoms in total. The Morgan fingerprint density at radius 2 is 1.89 bits per heavy atom. The summed E-state index contributed by atoms with van der Waals surface area (Å²) in [7, 11) is 0. The topological polar surface area (TPSA) is 62.5 Å². The first kappa shape index (κ1) is 13.4. The molecule has 0 fully saturated rings. The van der Waals surface area contributed by atoms with Gasteiger partial charge in [-0.1, -0.05) is 30.3 Å². The monoisotopic (exact) mass is 259 g/mol. The molecule has 1 amide bonds. The van der Waals surface area contributed by atoms with Crippen LogP contribution in [-0.2, 0) is 4.79 Å². The minimum absolute atomic E-state index is 0.278. The molecule has 0 aliphatic carbocycles. The fraction of sp³-hybridized carbons (Fsp3) is 0.267. The van der Waals surface area contributed by atoms with Gasteiger partial charge in [-0.3, -0.25) is 4.79 Å². The summed E-state index contributed by atoms with van der Waals surface area (Å²) in [6.07, 6.45) is -1.17. The highest BCUT2D eigenvalue weighted by Crippen LogP contribution is 2.18. The number of aryl methyl sites for hydroxylation is 1. The molecule has 2 unspecified atom stereocenters. The molecule has 100 valence electrons. The molecule has 1 aromatic heterocycles. The third-order valence-corrected chi connectivity index (χ3v) is 2.91. The van der Waals surface area contributed by atoms with Gasteiger partial charge >= 0.3 is 0 Å². The Labute approximate surface area is 112 Å². The number of aliphatic hydroxyl groups excluding tert-OH is 1. The van der Waals surface area contributed by atoms with Crippen LogP contribution < -0.4 is 5.32 Å². The van der Waals surface area contributed by atoms with Crippen molar-refractivity contribution in [3.8, 4) is 0 Å². The average Bonchev–Trinajstić information content (AvgIpc) is 2.85. The maximum atomic E-state index is 11.9. The van der Waals surface area contributed by atoms with Crippen LogP contribution in [0, 0.1) is 6.92 Å². The first-order valence-corrected chi connectivity index (χ1v) is 6.17. The molecule has 1 heterocycles. The van der Waals surface area contributed by atoms with Gasteiger partial charge < -0.3 is 14.8 Å². The third-order valence-electron chi connectivity index (χ3n) is 2.91. The summed E-state index contributed by atoms with van der Waals surface area (Å²) in [5, 5.41) is 12.7. The molecule has 0 aliphatic heterocycles. The van der Waals surface area contributed by atoms with Crippen molar-refractivity contribution >= 4 is 5.91 Å². The number of nitrogens with one attached hydrogen (secondary N) is 1. The summed E-state index contributed by atoms with van der Waals surface area (Å²) in [5.41, 5.74) is 0.572. The van der Waals surface area contributed by atoms with Crippen LogP contribution in [0.4, 0.5) is 0 Å². The summed E-state index contributed by atoms with van der Waals surface area (Å²) >= 11 is 0. The molecule has 0 saturated carbocycles. The fourth-order valence-electron chi connectivity index (χ4n) is 1.84. The molecule has 1 aromatic carbocycles. The quantitative estimate of drug-likeness (QED) is 0.886. The number of hydrogen-bond acceptors (Lipinski definition) is 3. The largest absolute Gasteiger partial charge is 0.464 e. The van der Waals surface area contributed by atoms with Gasteiger partial charge in [0.15, 0.2) is 6.10 Å². The summed E-state index contributed by atoms with van der Waals surface area (Å²) in [5.74, 6) is 1.03. The molecule has 19 heavy (non-hydrogen) atoms. The van der Waals surface area contributed by atoms with E-state index in [1.807, 2.05) is 32.0 Å². The minimum atomic E-state index is -1.17. The van der Waals surface area contributed by atoms with Crippen molar-refractivity contribution in [3.05, 3.63) is 59.5 Å². The first-order valence-electron chi connectivity index (χ1n) is 6.17. The maximum absolute atomic E-state index is 11.9. The number of benzene rings is 1. The number of carbonyl (C=O) groups is 1. The zero-order valence-electron chi connectivity index (χ0n) is 11.0. The standard InChI is InChI=1S/C15H17NO3/c1-10-8-9-13(19-10)11(2)16-15(18)14(17)12-6-4-3-5-7-12/h3-9,11,14,17H,1-2H3,(H,16,18). The summed E-state index contributed by atoms with van der Waals surface area (Å²) in [6.45, 7) is 3.66. The van der Waals surface area contributed by atoms with Crippen LogP contribution in [0.15, 0.2) is 46.9 Å². The van der Waals surface area contributed by atoms with Crippen molar-refractivity contribution in [1.29, 1.82) is 0 Å². The highest BCUT2D eigenvalue weighted by molar-refractivity contribution is 5.82. The van der Waals surface area contributed by atoms with E-state index in [0.29, 0.717) is 11.3 Å². The van der Waals surface area contributed by atoms with Gasteiger partial charge in [-0.15, -0.1) is 0 Å². The van der Waals surface area contributed by atoms with Gasteiger partial charge in [-0.2, -0.15) is 0 Å². The van der Waals surface area contributed by atoms with Gasteiger partial charge in [0.25, 0.3) is 5.91 Å². The van der Waals surface area contributed by atoms with Crippen LogP contribution in [0.5, 0.6) is 0 Å². The Bertz CT molecular complexity index is 548. The number of carbonyl (C=O) groups excluding carboxylic acids is 1. The fourth-order valence-corrected chi connectivity index (χ4v) is 1.84. The van der Waals surface area contributed by atoms with Crippen molar-refractivity contribution in [2.45, 2.75) is 26.0 Å². The zero-order chi connectivity index (χ0) is 13.8. The second-order valence-electron chi connectivity index (χ2n) is 4.49. The van der Waals surface area contributed by atoms with Crippen LogP contribution in [0.3, 0.4) is 0 Å². The van der Waals surface area contributed by atoms with E-state index in [4.69, 9.17) is 4.42 Å². The second-order valence-corrected chi connectivity index (χ2v) is 4.49. The molecule has 0 radical (unpaired) electrons. The van der Waals surface area contributed by atoms with Crippen LogP contribution >= 0.6 is 0 Å². The van der Waals surface area contributed by atoms with Crippen molar-refractivity contribution in [3.63, 3.8) is 0 Å². The van der Waals surface area contributed by atoms with E-state index in [-0.39, 0.29) is 6.04 Å². The average molecular weight is 259 g/mol. The highest BCUT2D eigenvalue weighted by Gasteiger charge is 2.20. The van der Waals surface area contributed by atoms with E-state index in [2.05, 4.69) is 5.32 Å². The van der Waals surface area contributed by atoms with Crippen molar-refractivity contribution in [1.82, 2.24) is 5.32 Å². The molecular weight excluding hydrogens is 242 g/mol. The van der Waals surface area contributed by atoms with E-state index < -0.39 is 12.0 Å². The van der Waals surface area contributed by atoms with Crippen molar-refractivity contribution in [2.24, 2.45) is 0 Å². The molecule has 0 saturated heterocycles. The second kappa shape index (κ2) is 5.71. The summed E-state index contributed by atoms with van der Waals surface area (Å²) < 4.78 is 5.44. The Morgan fingerprint density at radius 1 is 1.21 bits per heavy atom. The Hall–Kier alpha value is -2.07. The predicted octanol–water partition coefficient (Wildman–Crippen LogP) is 2.50. The van der Waals surface area contributed by atoms with Crippen molar-refractivity contribution < 1.29 is 14.3 Å². The highest BCUT2D eigenvalue weighted by atomic mass is 16.3. The third kappa shape index (κ3) is 3.23. The van der Waals surface area contributed by atoms with Gasteiger partial charge in [0, 0.05) is 0 Å². The van der Waals surface area contributed by atoms with Crippen LogP contribution in [0.2, 0.25) is 0 Å². The molecule has 2 N–H and O–H groups in total. The van der Waals surface area contributed by atoms with E-state index in [9.17, 15) is 9.90 Å². The molecule has 2 aromatic rings. The number of aliphatic hydroxyl groups is 1. The SMILES string of the molecule is Cc1ccc(C(C)NC(=O)C(O)c2ccccc2)o1. The smallest absolute Gasteiger partial charge is 0.254 e. The van der Waals surface area contributed by atoms with Crippen LogP contribution in [0.1, 0.15) is 36.2 Å². The Kier molecular flexibility index (Phi) is 4.02. The lowest BCUT2D eigenvalue weighted by Crippen LogP contribution is -2.31. The lowest BCUT2D eigenvalue weighted by Gasteiger charge is -2.15. The number of amides is 1. The molecule has 2 rings (SSSR count). The maximum Gasteiger partial charge on any atom is 0.254 e. The van der Waals surface area contributed by atoms with Gasteiger partial charge in [0.1, 0.15) is 11.5 Å². The van der Waals surface area contributed by atoms with Gasteiger partial charge in [0.05, 0.1) is 6.04 Å². The zero-order valence-corrected chi connectivity index (χ0v) is 11.0. The van der Waals surface area contributed by atoms with Crippen molar-refractivity contribution in [2.75, 3.05) is 0 Å². The molecular formula is C15H17NO3. The van der Waals surface area contributed by atoms with Gasteiger partial charge in [0.2, 0.25) is 0 Å². The van der Waals surface area contributed by atoms with Crippen LogP contribution in [-0.4, -0.2) is 11.0 Å². The summed E-state index contributed by atoms with van der Waals surface area (Å²) in [6, 6.07) is 12.2. The Morgan fingerprint density at radius 3 is 2.47 bits per heavy atom. The van der Waals surface area contributed by atoms with Gasteiger partial charge in [-0.05, 0) is 31.5 Å². The van der Waals surface area contributed by atoms with E-state index >= 15 is 0 Å². The Balaban J connectivity index is 2.01. The molecule has 0 bridgehead atoms. The van der Waals surface area contributed by atoms with E-state index in [1.54, 1.807) is 24.3 Å². The molecule has 0 aliphatic rings. The van der Waals surface area contributed by atoms with E-state index in [1.165, 1.54) is 0 Å². The normalized spacial score (nSPS) is 13.8. The van der Waals surface area contributed by atoms with E-state index in [0.717, 1.165) is 5.76 Å². The lowest BCUT2D eigenvalue weighted by molar-refractivity contribution is -0.130. The minimum Gasteiger partial charge on any atom is -0.464 e. The number of furan rings is 1. The molecule has 2 atom stereocenters. The first-order chi connectivity index (χ1) is 9.08. The molecule has 4 heteroatoms. The number of rotatable bonds is 4. The predicted molar refractivity (Wildman–Crippen MR) is 71.4 cm³/mol.